The first-order chi connectivity index (χ1) is 17.8. The number of thioether (sulfide) groups is 1. The number of aliphatic hydroxyl groups excluding tert-OH is 1. The Kier molecular flexibility index (Phi) is 8.60. The second-order valence-electron chi connectivity index (χ2n) is 9.83. The van der Waals surface area contributed by atoms with Crippen LogP contribution in [0.4, 0.5) is 0 Å². The van der Waals surface area contributed by atoms with Gasteiger partial charge in [0.05, 0.1) is 33.9 Å². The van der Waals surface area contributed by atoms with E-state index in [-0.39, 0.29) is 16.9 Å². The van der Waals surface area contributed by atoms with Crippen LogP contribution in [0.1, 0.15) is 31.9 Å². The quantitative estimate of drug-likeness (QED) is 0.254. The molecule has 4 rings (SSSR count). The largest absolute Gasteiger partial charge is 0.391 e. The van der Waals surface area contributed by atoms with Crippen LogP contribution in [0.3, 0.4) is 0 Å². The molecule has 4 aromatic rings. The molecule has 0 unspecified atom stereocenters. The molecule has 3 aromatic carbocycles. The molecule has 1 aromatic heterocycles. The van der Waals surface area contributed by atoms with Crippen molar-refractivity contribution in [2.24, 2.45) is 0 Å². The molecule has 0 bridgehead atoms. The molecule has 0 aliphatic rings. The van der Waals surface area contributed by atoms with E-state index in [2.05, 4.69) is 26.8 Å². The van der Waals surface area contributed by atoms with Crippen molar-refractivity contribution in [3.05, 3.63) is 102 Å². The molecule has 0 aliphatic heterocycles. The van der Waals surface area contributed by atoms with Gasteiger partial charge in [-0.15, -0.1) is 11.8 Å². The van der Waals surface area contributed by atoms with E-state index in [4.69, 9.17) is 4.98 Å². The lowest BCUT2D eigenvalue weighted by molar-refractivity contribution is 0.224. The molecule has 0 amide bonds. The molecular weight excluding hydrogens is 496 g/mol. The normalized spacial score (nSPS) is 13.1. The molecule has 188 valence electrons. The number of hydrogen-bond donors (Lipinski definition) is 1. The van der Waals surface area contributed by atoms with Gasteiger partial charge in [0.2, 0.25) is 0 Å². The first kappa shape index (κ1) is 26.8. The molecule has 0 radical (unpaired) electrons. The average molecular weight is 527 g/mol. The summed E-state index contributed by atoms with van der Waals surface area (Å²) in [4.78, 5) is 5.49. The number of nitrogens with zero attached hydrogens (tertiary/aromatic N) is 2. The minimum absolute atomic E-state index is 0.0223. The lowest BCUT2D eigenvalue weighted by atomic mass is 9.87. The zero-order chi connectivity index (χ0) is 26.4. The molecule has 0 saturated carbocycles. The van der Waals surface area contributed by atoms with Gasteiger partial charge in [-0.05, 0) is 34.7 Å². The fourth-order valence-corrected chi connectivity index (χ4v) is 6.12. The second-order valence-corrected chi connectivity index (χ2v) is 12.3. The van der Waals surface area contributed by atoms with Crippen molar-refractivity contribution in [2.75, 3.05) is 11.5 Å². The van der Waals surface area contributed by atoms with Crippen LogP contribution in [0.2, 0.25) is 0 Å². The maximum absolute atomic E-state index is 12.9. The van der Waals surface area contributed by atoms with E-state index < -0.39 is 16.9 Å². The smallest absolute Gasteiger partial charge is 0.115 e. The summed E-state index contributed by atoms with van der Waals surface area (Å²) in [6.07, 6.45) is -0.818. The average Bonchev–Trinajstić information content (AvgIpc) is 2.92. The topological polar surface area (TPSA) is 74.0 Å². The zero-order valence-corrected chi connectivity index (χ0v) is 22.9. The van der Waals surface area contributed by atoms with E-state index in [0.29, 0.717) is 15.5 Å². The maximum Gasteiger partial charge on any atom is 0.115 e. The molecule has 0 fully saturated rings. The first-order valence-electron chi connectivity index (χ1n) is 12.1. The van der Waals surface area contributed by atoms with Gasteiger partial charge in [-0.1, -0.05) is 93.6 Å². The van der Waals surface area contributed by atoms with E-state index in [0.717, 1.165) is 22.4 Å². The molecule has 37 heavy (non-hydrogen) atoms. The highest BCUT2D eigenvalue weighted by Crippen LogP contribution is 2.34. The van der Waals surface area contributed by atoms with Crippen LogP contribution in [0.5, 0.6) is 0 Å². The van der Waals surface area contributed by atoms with Gasteiger partial charge in [-0.3, -0.25) is 4.21 Å². The third-order valence-electron chi connectivity index (χ3n) is 5.99. The third kappa shape index (κ3) is 6.75. The van der Waals surface area contributed by atoms with Crippen molar-refractivity contribution in [1.29, 1.82) is 5.26 Å². The lowest BCUT2D eigenvalue weighted by Gasteiger charge is -2.19. The summed E-state index contributed by atoms with van der Waals surface area (Å²) in [7, 11) is -1.33. The van der Waals surface area contributed by atoms with Crippen molar-refractivity contribution in [3.63, 3.8) is 0 Å². The minimum atomic E-state index is -1.33. The van der Waals surface area contributed by atoms with Gasteiger partial charge >= 0.3 is 0 Å². The van der Waals surface area contributed by atoms with Gasteiger partial charge in [0, 0.05) is 21.8 Å². The van der Waals surface area contributed by atoms with Crippen LogP contribution in [0.25, 0.3) is 22.4 Å². The number of aliphatic hydroxyl groups is 1. The Labute approximate surface area is 225 Å². The Morgan fingerprint density at radius 2 is 1.54 bits per heavy atom. The Hall–Kier alpha value is -3.24. The fourth-order valence-electron chi connectivity index (χ4n) is 3.94. The van der Waals surface area contributed by atoms with Crippen molar-refractivity contribution in [1.82, 2.24) is 4.98 Å². The molecule has 2 atom stereocenters. The predicted octanol–water partition coefficient (Wildman–Crippen LogP) is 6.85. The van der Waals surface area contributed by atoms with E-state index >= 15 is 0 Å². The van der Waals surface area contributed by atoms with Gasteiger partial charge in [-0.2, -0.15) is 5.26 Å². The molecule has 0 aliphatic carbocycles. The highest BCUT2D eigenvalue weighted by atomic mass is 32.2. The van der Waals surface area contributed by atoms with Crippen LogP contribution in [0, 0.1) is 11.3 Å². The number of benzene rings is 3. The Morgan fingerprint density at radius 1 is 0.946 bits per heavy atom. The number of rotatable bonds is 8. The van der Waals surface area contributed by atoms with Gasteiger partial charge in [0.15, 0.2) is 0 Å². The minimum Gasteiger partial charge on any atom is -0.391 e. The second kappa shape index (κ2) is 11.9. The molecule has 0 spiro atoms. The van der Waals surface area contributed by atoms with E-state index in [9.17, 15) is 14.6 Å². The summed E-state index contributed by atoms with van der Waals surface area (Å²) in [6, 6.07) is 31.6. The Bertz CT molecular complexity index is 1410. The number of aromatic nitrogens is 1. The van der Waals surface area contributed by atoms with E-state index in [1.807, 2.05) is 91.0 Å². The van der Waals surface area contributed by atoms with Gasteiger partial charge in [0.1, 0.15) is 11.1 Å². The first-order valence-corrected chi connectivity index (χ1v) is 14.4. The molecule has 6 heteroatoms. The molecular formula is C31H30N2O2S2. The number of nitriles is 1. The van der Waals surface area contributed by atoms with Crippen molar-refractivity contribution in [3.8, 4) is 28.5 Å². The summed E-state index contributed by atoms with van der Waals surface area (Å²) in [5.41, 5.74) is 5.12. The molecule has 0 saturated heterocycles. The van der Waals surface area contributed by atoms with Crippen LogP contribution in [-0.2, 0) is 16.2 Å². The zero-order valence-electron chi connectivity index (χ0n) is 21.2. The van der Waals surface area contributed by atoms with Crippen LogP contribution < -0.4 is 0 Å². The van der Waals surface area contributed by atoms with E-state index in [1.54, 1.807) is 0 Å². The summed E-state index contributed by atoms with van der Waals surface area (Å²) in [6.45, 7) is 6.42. The van der Waals surface area contributed by atoms with Gasteiger partial charge in [-0.25, -0.2) is 4.98 Å². The summed E-state index contributed by atoms with van der Waals surface area (Å²) < 4.78 is 12.9. The monoisotopic (exact) mass is 526 g/mol. The van der Waals surface area contributed by atoms with Crippen LogP contribution >= 0.6 is 11.8 Å². The van der Waals surface area contributed by atoms with Gasteiger partial charge < -0.3 is 5.11 Å². The standard InChI is InChI=1S/C31H30N2O2S2/c1-31(2,3)24-14-16-26(17-15-24)37(35)21-25(34)20-36-30-28(19-32)27(22-10-6-4-7-11-22)18-29(33-30)23-12-8-5-9-13-23/h4-18,25,34H,20-21H2,1-3H3/t25-,37+/m1/s1. The molecule has 1 N–H and O–H groups in total. The lowest BCUT2D eigenvalue weighted by Crippen LogP contribution is -2.20. The maximum atomic E-state index is 12.9. The van der Waals surface area contributed by atoms with Gasteiger partial charge in [0.25, 0.3) is 0 Å². The molecule has 1 heterocycles. The third-order valence-corrected chi connectivity index (χ3v) is 8.60. The Balaban J connectivity index is 1.55. The molecule has 4 nitrogen and oxygen atoms in total. The predicted molar refractivity (Wildman–Crippen MR) is 153 cm³/mol. The summed E-state index contributed by atoms with van der Waals surface area (Å²) in [5, 5.41) is 21.3. The van der Waals surface area contributed by atoms with E-state index in [1.165, 1.54) is 17.3 Å². The fraction of sp³-hybridized carbons (Fsp3) is 0.226. The summed E-state index contributed by atoms with van der Waals surface area (Å²) >= 11 is 1.32. The van der Waals surface area contributed by atoms with Crippen molar-refractivity contribution < 1.29 is 9.32 Å². The number of hydrogen-bond acceptors (Lipinski definition) is 5. The SMILES string of the molecule is CC(C)(C)c1ccc([S@@](=O)C[C@H](O)CSc2nc(-c3ccccc3)cc(-c3ccccc3)c2C#N)cc1. The highest BCUT2D eigenvalue weighted by Gasteiger charge is 2.19. The van der Waals surface area contributed by atoms with Crippen molar-refractivity contribution >= 4 is 22.6 Å². The van der Waals surface area contributed by atoms with Crippen molar-refractivity contribution in [2.45, 2.75) is 42.2 Å². The highest BCUT2D eigenvalue weighted by molar-refractivity contribution is 7.99. The van der Waals surface area contributed by atoms with Crippen LogP contribution in [-0.4, -0.2) is 31.9 Å². The summed E-state index contributed by atoms with van der Waals surface area (Å²) in [5.74, 6) is 0.396. The number of pyridine rings is 1. The van der Waals surface area contributed by atoms with Crippen LogP contribution in [0.15, 0.2) is 101 Å². The Morgan fingerprint density at radius 3 is 2.11 bits per heavy atom.